The lowest BCUT2D eigenvalue weighted by Gasteiger charge is -2.23. The Kier molecular flexibility index (Phi) is 6.31. The highest BCUT2D eigenvalue weighted by molar-refractivity contribution is 5.85. The molecule has 0 amide bonds. The fourth-order valence-electron chi connectivity index (χ4n) is 1.63. The summed E-state index contributed by atoms with van der Waals surface area (Å²) in [6, 6.07) is 4.49. The molecule has 2 atom stereocenters. The summed E-state index contributed by atoms with van der Waals surface area (Å²) < 4.78 is 0. The Morgan fingerprint density at radius 2 is 1.65 bits per heavy atom. The van der Waals surface area contributed by atoms with Gasteiger partial charge in [-0.3, -0.25) is 0 Å². The average Bonchev–Trinajstić information content (AvgIpc) is 2.20. The van der Waals surface area contributed by atoms with Crippen molar-refractivity contribution in [3.05, 3.63) is 23.8 Å². The summed E-state index contributed by atoms with van der Waals surface area (Å²) in [7, 11) is 0. The van der Waals surface area contributed by atoms with Crippen molar-refractivity contribution in [2.75, 3.05) is 0 Å². The molecule has 0 bridgehead atoms. The highest BCUT2D eigenvalue weighted by Gasteiger charge is 2.17. The van der Waals surface area contributed by atoms with Gasteiger partial charge < -0.3 is 20.6 Å². The van der Waals surface area contributed by atoms with Crippen molar-refractivity contribution in [1.29, 1.82) is 0 Å². The first-order valence-corrected chi connectivity index (χ1v) is 5.37. The molecule has 5 heteroatoms. The smallest absolute Gasteiger partial charge is 0.157 e. The van der Waals surface area contributed by atoms with Crippen LogP contribution in [0.1, 0.15) is 32.4 Å². The molecule has 0 aromatic heterocycles. The van der Waals surface area contributed by atoms with Crippen LogP contribution >= 0.6 is 12.4 Å². The van der Waals surface area contributed by atoms with Gasteiger partial charge in [0.2, 0.25) is 0 Å². The van der Waals surface area contributed by atoms with Crippen molar-refractivity contribution in [3.8, 4) is 11.5 Å². The number of hydrogen-bond donors (Lipinski definition) is 4. The minimum atomic E-state index is -0.714. The van der Waals surface area contributed by atoms with Crippen LogP contribution in [0.4, 0.5) is 0 Å². The van der Waals surface area contributed by atoms with Crippen LogP contribution in [0.5, 0.6) is 11.5 Å². The fraction of sp³-hybridized carbons (Fsp3) is 0.500. The van der Waals surface area contributed by atoms with Gasteiger partial charge in [-0.25, -0.2) is 0 Å². The Morgan fingerprint density at radius 1 is 1.06 bits per heavy atom. The summed E-state index contributed by atoms with van der Waals surface area (Å²) in [5, 5.41) is 31.7. The van der Waals surface area contributed by atoms with E-state index in [4.69, 9.17) is 5.11 Å². The quantitative estimate of drug-likeness (QED) is 0.625. The van der Waals surface area contributed by atoms with Crippen LogP contribution in [0.3, 0.4) is 0 Å². The predicted molar refractivity (Wildman–Crippen MR) is 69.7 cm³/mol. The van der Waals surface area contributed by atoms with E-state index in [1.807, 2.05) is 20.8 Å². The van der Waals surface area contributed by atoms with Crippen LogP contribution in [-0.2, 0) is 0 Å². The molecule has 0 aliphatic heterocycles. The lowest BCUT2D eigenvalue weighted by Crippen LogP contribution is -2.36. The van der Waals surface area contributed by atoms with Gasteiger partial charge >= 0.3 is 0 Å². The van der Waals surface area contributed by atoms with Gasteiger partial charge in [-0.15, -0.1) is 12.4 Å². The number of aromatic hydroxyl groups is 2. The highest BCUT2D eigenvalue weighted by atomic mass is 35.5. The largest absolute Gasteiger partial charge is 0.504 e. The molecule has 0 radical (unpaired) electrons. The van der Waals surface area contributed by atoms with Crippen LogP contribution in [0.2, 0.25) is 0 Å². The number of aliphatic hydroxyl groups excluding tert-OH is 1. The molecule has 0 saturated heterocycles. The average molecular weight is 262 g/mol. The lowest BCUT2D eigenvalue weighted by atomic mass is 10.0. The summed E-state index contributed by atoms with van der Waals surface area (Å²) in [6.45, 7) is 5.86. The molecule has 0 aliphatic rings. The number of hydrogen-bond acceptors (Lipinski definition) is 4. The van der Waals surface area contributed by atoms with Crippen molar-refractivity contribution in [2.24, 2.45) is 0 Å². The zero-order chi connectivity index (χ0) is 12.3. The Bertz CT molecular complexity index is 358. The van der Waals surface area contributed by atoms with Gasteiger partial charge in [-0.05, 0) is 24.6 Å². The van der Waals surface area contributed by atoms with Crippen LogP contribution in [0.15, 0.2) is 18.2 Å². The van der Waals surface area contributed by atoms with E-state index in [9.17, 15) is 10.2 Å². The SMILES string of the molecule is CC(C)NC(C)C(O)c1ccc(O)c(O)c1.Cl. The van der Waals surface area contributed by atoms with E-state index in [-0.39, 0.29) is 36.0 Å². The highest BCUT2D eigenvalue weighted by Crippen LogP contribution is 2.28. The topological polar surface area (TPSA) is 72.7 Å². The van der Waals surface area contributed by atoms with Crippen molar-refractivity contribution in [2.45, 2.75) is 39.0 Å². The number of benzene rings is 1. The van der Waals surface area contributed by atoms with Crippen molar-refractivity contribution < 1.29 is 15.3 Å². The zero-order valence-corrected chi connectivity index (χ0v) is 11.0. The first-order chi connectivity index (χ1) is 7.41. The third kappa shape index (κ3) is 4.42. The van der Waals surface area contributed by atoms with Crippen molar-refractivity contribution in [3.63, 3.8) is 0 Å². The Morgan fingerprint density at radius 3 is 2.12 bits per heavy atom. The third-order valence-electron chi connectivity index (χ3n) is 2.41. The van der Waals surface area contributed by atoms with Crippen LogP contribution in [-0.4, -0.2) is 27.4 Å². The van der Waals surface area contributed by atoms with E-state index in [2.05, 4.69) is 5.32 Å². The van der Waals surface area contributed by atoms with Crippen LogP contribution in [0.25, 0.3) is 0 Å². The minimum Gasteiger partial charge on any atom is -0.504 e. The molecule has 1 rings (SSSR count). The molecule has 4 nitrogen and oxygen atoms in total. The van der Waals surface area contributed by atoms with Gasteiger partial charge in [0.05, 0.1) is 6.10 Å². The second-order valence-electron chi connectivity index (χ2n) is 4.30. The standard InChI is InChI=1S/C12H19NO3.ClH/c1-7(2)13-8(3)12(16)9-4-5-10(14)11(15)6-9;/h4-8,12-16H,1-3H3;1H. The fourth-order valence-corrected chi connectivity index (χ4v) is 1.63. The molecule has 0 spiro atoms. The van der Waals surface area contributed by atoms with Crippen LogP contribution in [0, 0.1) is 0 Å². The van der Waals surface area contributed by atoms with E-state index in [0.29, 0.717) is 5.56 Å². The summed E-state index contributed by atoms with van der Waals surface area (Å²) in [5.74, 6) is -0.395. The van der Waals surface area contributed by atoms with Crippen molar-refractivity contribution in [1.82, 2.24) is 5.32 Å². The number of aliphatic hydroxyl groups is 1. The molecule has 0 heterocycles. The molecule has 17 heavy (non-hydrogen) atoms. The van der Waals surface area contributed by atoms with Crippen LogP contribution < -0.4 is 5.32 Å². The Balaban J connectivity index is 0.00000256. The Hall–Kier alpha value is -0.970. The minimum absolute atomic E-state index is 0. The molecule has 4 N–H and O–H groups in total. The molecule has 0 aliphatic carbocycles. The maximum atomic E-state index is 10.00. The second-order valence-corrected chi connectivity index (χ2v) is 4.30. The first-order valence-electron chi connectivity index (χ1n) is 5.37. The van der Waals surface area contributed by atoms with E-state index in [1.165, 1.54) is 12.1 Å². The van der Waals surface area contributed by atoms with E-state index < -0.39 is 6.10 Å². The molecule has 2 unspecified atom stereocenters. The zero-order valence-electron chi connectivity index (χ0n) is 10.2. The summed E-state index contributed by atoms with van der Waals surface area (Å²) in [5.41, 5.74) is 0.580. The predicted octanol–water partition coefficient (Wildman–Crippen LogP) is 1.94. The number of nitrogens with one attached hydrogen (secondary N) is 1. The molecule has 0 fully saturated rings. The first kappa shape index (κ1) is 16.0. The molecular formula is C12H20ClNO3. The summed E-state index contributed by atoms with van der Waals surface area (Å²) >= 11 is 0. The maximum absolute atomic E-state index is 10.00. The molecule has 1 aromatic carbocycles. The number of rotatable bonds is 4. The molecule has 98 valence electrons. The number of halogens is 1. The maximum Gasteiger partial charge on any atom is 0.157 e. The van der Waals surface area contributed by atoms with Gasteiger partial charge in [0.1, 0.15) is 0 Å². The third-order valence-corrected chi connectivity index (χ3v) is 2.41. The van der Waals surface area contributed by atoms with E-state index >= 15 is 0 Å². The van der Waals surface area contributed by atoms with Gasteiger partial charge in [-0.2, -0.15) is 0 Å². The molecule has 0 saturated carbocycles. The van der Waals surface area contributed by atoms with Gasteiger partial charge in [0.15, 0.2) is 11.5 Å². The monoisotopic (exact) mass is 261 g/mol. The second kappa shape index (κ2) is 6.69. The molecule has 1 aromatic rings. The summed E-state index contributed by atoms with van der Waals surface area (Å²) in [6.07, 6.45) is -0.714. The lowest BCUT2D eigenvalue weighted by molar-refractivity contribution is 0.131. The Labute approximate surface area is 108 Å². The summed E-state index contributed by atoms with van der Waals surface area (Å²) in [4.78, 5) is 0. The molecular weight excluding hydrogens is 242 g/mol. The van der Waals surface area contributed by atoms with E-state index in [0.717, 1.165) is 0 Å². The van der Waals surface area contributed by atoms with E-state index in [1.54, 1.807) is 6.07 Å². The van der Waals surface area contributed by atoms with Gasteiger partial charge in [-0.1, -0.05) is 19.9 Å². The van der Waals surface area contributed by atoms with Crippen molar-refractivity contribution >= 4 is 12.4 Å². The van der Waals surface area contributed by atoms with Gasteiger partial charge in [0.25, 0.3) is 0 Å². The number of phenolic OH excluding ortho intramolecular Hbond substituents is 2. The number of phenols is 2. The normalized spacial score (nSPS) is 14.2. The van der Waals surface area contributed by atoms with Gasteiger partial charge in [0, 0.05) is 12.1 Å².